The Hall–Kier alpha value is -0.790. The molecule has 22 heavy (non-hydrogen) atoms. The van der Waals surface area contributed by atoms with E-state index in [0.717, 1.165) is 0 Å². The van der Waals surface area contributed by atoms with Crippen molar-refractivity contribution in [1.82, 2.24) is 5.16 Å². The highest BCUT2D eigenvalue weighted by Crippen LogP contribution is 2.29. The molecule has 0 radical (unpaired) electrons. The summed E-state index contributed by atoms with van der Waals surface area (Å²) in [4.78, 5) is 0. The van der Waals surface area contributed by atoms with E-state index >= 15 is 0 Å². The first-order valence-electron chi connectivity index (χ1n) is 9.70. The van der Waals surface area contributed by atoms with Crippen LogP contribution in [0.3, 0.4) is 0 Å². The maximum absolute atomic E-state index is 5.18. The average Bonchev–Trinajstić information content (AvgIpc) is 2.94. The minimum atomic E-state index is 0.617. The van der Waals surface area contributed by atoms with Crippen LogP contribution in [0.15, 0.2) is 10.8 Å². The van der Waals surface area contributed by atoms with Crippen LogP contribution in [-0.2, 0) is 0 Å². The second kappa shape index (κ2) is 12.7. The van der Waals surface area contributed by atoms with Crippen molar-refractivity contribution in [3.05, 3.63) is 17.5 Å². The molecule has 0 fully saturated rings. The quantitative estimate of drug-likeness (QED) is 0.340. The number of hydrogen-bond donors (Lipinski definition) is 0. The molecule has 0 aromatic carbocycles. The van der Waals surface area contributed by atoms with Crippen molar-refractivity contribution in [3.63, 3.8) is 0 Å². The molecule has 0 saturated carbocycles. The van der Waals surface area contributed by atoms with Crippen LogP contribution in [0.5, 0.6) is 0 Å². The Morgan fingerprint density at radius 3 is 1.77 bits per heavy atom. The summed E-state index contributed by atoms with van der Waals surface area (Å²) in [5.41, 5.74) is 2.47. The molecule has 0 N–H and O–H groups in total. The second-order valence-electron chi connectivity index (χ2n) is 6.84. The van der Waals surface area contributed by atoms with Gasteiger partial charge in [-0.1, -0.05) is 89.6 Å². The van der Waals surface area contributed by atoms with Crippen molar-refractivity contribution in [2.45, 2.75) is 110 Å². The van der Waals surface area contributed by atoms with Crippen molar-refractivity contribution in [2.75, 3.05) is 0 Å². The van der Waals surface area contributed by atoms with Gasteiger partial charge in [-0.25, -0.2) is 0 Å². The Morgan fingerprint density at radius 2 is 1.32 bits per heavy atom. The fourth-order valence-corrected chi connectivity index (χ4v) is 3.27. The van der Waals surface area contributed by atoms with E-state index in [2.05, 4.69) is 25.9 Å². The van der Waals surface area contributed by atoms with Crippen molar-refractivity contribution in [1.29, 1.82) is 0 Å². The van der Waals surface area contributed by atoms with Crippen LogP contribution in [0, 0.1) is 6.92 Å². The maximum atomic E-state index is 5.18. The summed E-state index contributed by atoms with van der Waals surface area (Å²) in [5.74, 6) is 0.617. The first-order valence-corrected chi connectivity index (χ1v) is 9.70. The highest BCUT2D eigenvalue weighted by atomic mass is 16.5. The molecule has 0 aliphatic heterocycles. The van der Waals surface area contributed by atoms with Gasteiger partial charge in [0.05, 0.1) is 5.69 Å². The van der Waals surface area contributed by atoms with Gasteiger partial charge in [-0.3, -0.25) is 0 Å². The van der Waals surface area contributed by atoms with Crippen LogP contribution in [-0.4, -0.2) is 5.16 Å². The first-order chi connectivity index (χ1) is 10.8. The largest absolute Gasteiger partial charge is 0.364 e. The topological polar surface area (TPSA) is 26.0 Å². The van der Waals surface area contributed by atoms with Gasteiger partial charge < -0.3 is 4.52 Å². The van der Waals surface area contributed by atoms with Gasteiger partial charge in [0.25, 0.3) is 0 Å². The van der Waals surface area contributed by atoms with E-state index in [4.69, 9.17) is 4.52 Å². The SMILES string of the molecule is CCCCCCCCC(CCCCCCC)c1nocc1C. The standard InChI is InChI=1S/C20H37NO/c1-4-6-8-10-12-14-16-19(15-13-11-9-7-5-2)20-18(3)17-22-21-20/h17,19H,4-16H2,1-3H3. The summed E-state index contributed by atoms with van der Waals surface area (Å²) >= 11 is 0. The molecule has 0 aliphatic carbocycles. The normalized spacial score (nSPS) is 12.7. The molecule has 1 unspecified atom stereocenters. The predicted molar refractivity (Wildman–Crippen MR) is 95.4 cm³/mol. The highest BCUT2D eigenvalue weighted by Gasteiger charge is 2.17. The van der Waals surface area contributed by atoms with Gasteiger partial charge in [0.1, 0.15) is 6.26 Å². The summed E-state index contributed by atoms with van der Waals surface area (Å²) in [6, 6.07) is 0. The Labute approximate surface area is 138 Å². The Balaban J connectivity index is 2.31. The van der Waals surface area contributed by atoms with E-state index in [-0.39, 0.29) is 0 Å². The molecule has 1 rings (SSSR count). The van der Waals surface area contributed by atoms with E-state index < -0.39 is 0 Å². The summed E-state index contributed by atoms with van der Waals surface area (Å²) in [6.07, 6.45) is 19.4. The fraction of sp³-hybridized carbons (Fsp3) is 0.850. The molecule has 1 aromatic heterocycles. The number of unbranched alkanes of at least 4 members (excludes halogenated alkanes) is 9. The number of hydrogen-bond acceptors (Lipinski definition) is 2. The Morgan fingerprint density at radius 1 is 0.818 bits per heavy atom. The minimum absolute atomic E-state index is 0.617. The van der Waals surface area contributed by atoms with Crippen molar-refractivity contribution >= 4 is 0 Å². The number of aryl methyl sites for hydroxylation is 1. The molecule has 0 spiro atoms. The minimum Gasteiger partial charge on any atom is -0.364 e. The fourth-order valence-electron chi connectivity index (χ4n) is 3.27. The summed E-state index contributed by atoms with van der Waals surface area (Å²) in [6.45, 7) is 6.69. The van der Waals surface area contributed by atoms with E-state index in [1.807, 2.05) is 0 Å². The van der Waals surface area contributed by atoms with Crippen LogP contribution < -0.4 is 0 Å². The predicted octanol–water partition coefficient (Wildman–Crippen LogP) is 7.18. The summed E-state index contributed by atoms with van der Waals surface area (Å²) < 4.78 is 5.18. The third-order valence-electron chi connectivity index (χ3n) is 4.73. The number of rotatable bonds is 14. The Kier molecular flexibility index (Phi) is 11.1. The van der Waals surface area contributed by atoms with Crippen LogP contribution in [0.2, 0.25) is 0 Å². The second-order valence-corrected chi connectivity index (χ2v) is 6.84. The van der Waals surface area contributed by atoms with Crippen molar-refractivity contribution < 1.29 is 4.52 Å². The lowest BCUT2D eigenvalue weighted by molar-refractivity contribution is 0.392. The zero-order valence-electron chi connectivity index (χ0n) is 15.2. The molecule has 0 bridgehead atoms. The molecule has 1 aromatic rings. The van der Waals surface area contributed by atoms with E-state index in [1.54, 1.807) is 6.26 Å². The van der Waals surface area contributed by atoms with Crippen LogP contribution in [0.25, 0.3) is 0 Å². The van der Waals surface area contributed by atoms with E-state index in [1.165, 1.54) is 94.7 Å². The molecule has 0 aliphatic rings. The lowest BCUT2D eigenvalue weighted by Gasteiger charge is -2.15. The smallest absolute Gasteiger partial charge is 0.127 e. The zero-order chi connectivity index (χ0) is 16.0. The van der Waals surface area contributed by atoms with Crippen molar-refractivity contribution in [2.24, 2.45) is 0 Å². The molecular weight excluding hydrogens is 270 g/mol. The lowest BCUT2D eigenvalue weighted by atomic mass is 9.90. The lowest BCUT2D eigenvalue weighted by Crippen LogP contribution is -2.02. The van der Waals surface area contributed by atoms with Gasteiger partial charge >= 0.3 is 0 Å². The molecule has 1 atom stereocenters. The third-order valence-corrected chi connectivity index (χ3v) is 4.73. The van der Waals surface area contributed by atoms with Gasteiger partial charge in [0.2, 0.25) is 0 Å². The summed E-state index contributed by atoms with van der Waals surface area (Å²) in [5, 5.41) is 4.28. The zero-order valence-corrected chi connectivity index (χ0v) is 15.2. The number of aromatic nitrogens is 1. The van der Waals surface area contributed by atoms with Crippen molar-refractivity contribution in [3.8, 4) is 0 Å². The molecular formula is C20H37NO. The molecule has 0 saturated heterocycles. The summed E-state index contributed by atoms with van der Waals surface area (Å²) in [7, 11) is 0. The molecule has 0 amide bonds. The third kappa shape index (κ3) is 8.00. The Bertz CT molecular complexity index is 358. The van der Waals surface area contributed by atoms with Gasteiger partial charge in [-0.2, -0.15) is 0 Å². The highest BCUT2D eigenvalue weighted by molar-refractivity contribution is 5.16. The van der Waals surface area contributed by atoms with Gasteiger partial charge in [-0.15, -0.1) is 0 Å². The average molecular weight is 308 g/mol. The molecule has 2 nitrogen and oxygen atoms in total. The molecule has 2 heteroatoms. The molecule has 1 heterocycles. The van der Waals surface area contributed by atoms with Gasteiger partial charge in [0.15, 0.2) is 0 Å². The van der Waals surface area contributed by atoms with Gasteiger partial charge in [-0.05, 0) is 19.8 Å². The van der Waals surface area contributed by atoms with E-state index in [0.29, 0.717) is 5.92 Å². The maximum Gasteiger partial charge on any atom is 0.127 e. The first kappa shape index (κ1) is 19.3. The van der Waals surface area contributed by atoms with Crippen LogP contribution in [0.4, 0.5) is 0 Å². The number of nitrogens with zero attached hydrogens (tertiary/aromatic N) is 1. The monoisotopic (exact) mass is 307 g/mol. The van der Waals surface area contributed by atoms with Crippen LogP contribution >= 0.6 is 0 Å². The van der Waals surface area contributed by atoms with Gasteiger partial charge in [0, 0.05) is 11.5 Å². The molecule has 128 valence electrons. The van der Waals surface area contributed by atoms with E-state index in [9.17, 15) is 0 Å². The van der Waals surface area contributed by atoms with Crippen LogP contribution in [0.1, 0.15) is 114 Å².